The molecule has 0 amide bonds. The summed E-state index contributed by atoms with van der Waals surface area (Å²) in [7, 11) is 0. The van der Waals surface area contributed by atoms with Gasteiger partial charge in [0.25, 0.3) is 0 Å². The van der Waals surface area contributed by atoms with Crippen molar-refractivity contribution in [2.24, 2.45) is 0 Å². The van der Waals surface area contributed by atoms with E-state index in [0.717, 1.165) is 88.7 Å². The van der Waals surface area contributed by atoms with Crippen LogP contribution < -0.4 is 4.74 Å². The number of ether oxygens (including phenoxy) is 1. The van der Waals surface area contributed by atoms with Crippen LogP contribution in [-0.2, 0) is 0 Å². The molecule has 5 nitrogen and oxygen atoms in total. The normalized spacial score (nSPS) is 12.1. The van der Waals surface area contributed by atoms with Gasteiger partial charge in [0.05, 0.1) is 32.6 Å². The Morgan fingerprint density at radius 2 is 1.17 bits per heavy atom. The fourth-order valence-electron chi connectivity index (χ4n) is 9.30. The minimum absolute atomic E-state index is 0.703. The molecule has 0 bridgehead atoms. The van der Waals surface area contributed by atoms with Crippen LogP contribution in [0.25, 0.3) is 109 Å². The lowest BCUT2D eigenvalue weighted by Crippen LogP contribution is -2.07. The molecule has 5 heterocycles. The second-order valence-electron chi connectivity index (χ2n) is 15.3. The van der Waals surface area contributed by atoms with Crippen molar-refractivity contribution in [3.05, 3.63) is 194 Å². The lowest BCUT2D eigenvalue weighted by atomic mass is 9.97. The van der Waals surface area contributed by atoms with Crippen LogP contribution in [0, 0.1) is 0 Å². The average molecular weight is 785 g/mol. The van der Waals surface area contributed by atoms with Gasteiger partial charge in [-0.25, -0.2) is 9.97 Å². The summed E-state index contributed by atoms with van der Waals surface area (Å²) in [5.74, 6) is 2.41. The number of rotatable bonds is 5. The fraction of sp³-hybridized carbons (Fsp3) is 0. The molecule has 0 radical (unpaired) electrons. The molecule has 8 aromatic carbocycles. The molecule has 280 valence electrons. The van der Waals surface area contributed by atoms with Crippen LogP contribution >= 0.6 is 11.3 Å². The van der Waals surface area contributed by atoms with E-state index >= 15 is 0 Å². The highest BCUT2D eigenvalue weighted by atomic mass is 32.1. The second kappa shape index (κ2) is 12.9. The van der Waals surface area contributed by atoms with E-state index in [1.165, 1.54) is 26.4 Å². The molecular weight excluding hydrogens is 753 g/mol. The molecule has 0 spiro atoms. The predicted molar refractivity (Wildman–Crippen MR) is 248 cm³/mol. The molecule has 0 saturated heterocycles. The number of aromatic nitrogens is 4. The summed E-state index contributed by atoms with van der Waals surface area (Å²) >= 11 is 1.76. The van der Waals surface area contributed by atoms with Gasteiger partial charge >= 0.3 is 0 Å². The van der Waals surface area contributed by atoms with E-state index in [0.29, 0.717) is 5.82 Å². The molecule has 0 saturated carbocycles. The highest BCUT2D eigenvalue weighted by molar-refractivity contribution is 7.26. The molecule has 0 fully saturated rings. The molecule has 1 aliphatic rings. The molecule has 0 aliphatic carbocycles. The first-order chi connectivity index (χ1) is 29.8. The molecule has 6 heteroatoms. The van der Waals surface area contributed by atoms with Gasteiger partial charge in [0, 0.05) is 43.1 Å². The van der Waals surface area contributed by atoms with Crippen LogP contribution in [0.15, 0.2) is 194 Å². The molecule has 60 heavy (non-hydrogen) atoms. The Hall–Kier alpha value is -7.80. The number of fused-ring (bicyclic) bond motifs is 10. The van der Waals surface area contributed by atoms with Gasteiger partial charge in [0.1, 0.15) is 5.65 Å². The molecule has 12 aromatic rings. The molecule has 4 aromatic heterocycles. The van der Waals surface area contributed by atoms with Gasteiger partial charge in [-0.3, -0.25) is 9.13 Å². The summed E-state index contributed by atoms with van der Waals surface area (Å²) in [4.78, 5) is 10.9. The largest absolute Gasteiger partial charge is 0.453 e. The highest BCUT2D eigenvalue weighted by Crippen LogP contribution is 2.49. The molecule has 1 aliphatic heterocycles. The molecule has 13 rings (SSSR count). The van der Waals surface area contributed by atoms with Crippen LogP contribution in [-0.4, -0.2) is 19.1 Å². The van der Waals surface area contributed by atoms with Crippen molar-refractivity contribution >= 4 is 64.5 Å². The van der Waals surface area contributed by atoms with Gasteiger partial charge in [-0.15, -0.1) is 11.3 Å². The minimum Gasteiger partial charge on any atom is -0.453 e. The van der Waals surface area contributed by atoms with Gasteiger partial charge in [0.15, 0.2) is 17.3 Å². The van der Waals surface area contributed by atoms with E-state index in [2.05, 4.69) is 197 Å². The number of thiophene rings is 1. The van der Waals surface area contributed by atoms with Crippen molar-refractivity contribution in [1.82, 2.24) is 19.1 Å². The van der Waals surface area contributed by atoms with Gasteiger partial charge < -0.3 is 4.74 Å². The van der Waals surface area contributed by atoms with Crippen molar-refractivity contribution in [2.45, 2.75) is 0 Å². The zero-order chi connectivity index (χ0) is 39.3. The fourth-order valence-corrected chi connectivity index (χ4v) is 10.4. The first-order valence-electron chi connectivity index (χ1n) is 20.2. The Morgan fingerprint density at radius 1 is 0.467 bits per heavy atom. The van der Waals surface area contributed by atoms with Crippen molar-refractivity contribution in [3.8, 4) is 67.8 Å². The van der Waals surface area contributed by atoms with Gasteiger partial charge in [0.2, 0.25) is 0 Å². The van der Waals surface area contributed by atoms with Crippen LogP contribution in [0.4, 0.5) is 0 Å². The Kier molecular flexibility index (Phi) is 7.11. The number of para-hydroxylation sites is 4. The maximum Gasteiger partial charge on any atom is 0.161 e. The van der Waals surface area contributed by atoms with E-state index in [-0.39, 0.29) is 0 Å². The van der Waals surface area contributed by atoms with Gasteiger partial charge in [-0.2, -0.15) is 0 Å². The number of hydrogen-bond acceptors (Lipinski definition) is 4. The van der Waals surface area contributed by atoms with Gasteiger partial charge in [-0.05, 0) is 70.8 Å². The molecule has 0 N–H and O–H groups in total. The van der Waals surface area contributed by atoms with Crippen molar-refractivity contribution in [3.63, 3.8) is 0 Å². The van der Waals surface area contributed by atoms with Crippen LogP contribution in [0.5, 0.6) is 11.5 Å². The standard InChI is InChI=1S/C54H32N4OS/c1-3-15-33(16-4-1)34-17-13-18-36(31-34)49-52-50(41-23-9-12-28-47(41)60-52)56-53(55-49)39-22-8-7-21-38(39)35-29-30-40-44(32-35)57(37-19-5-2-6-20-37)54-48(40)42-24-14-27-46-51(42)58(54)43-25-10-11-26-45(43)59-46/h1-32H. The summed E-state index contributed by atoms with van der Waals surface area (Å²) in [6.45, 7) is 0. The zero-order valence-electron chi connectivity index (χ0n) is 32.1. The summed E-state index contributed by atoms with van der Waals surface area (Å²) in [6, 6.07) is 68.7. The maximum atomic E-state index is 6.50. The van der Waals surface area contributed by atoms with E-state index in [4.69, 9.17) is 14.7 Å². The number of benzene rings is 8. The molecule has 0 unspecified atom stereocenters. The molecular formula is C54H32N4OS. The first-order valence-corrected chi connectivity index (χ1v) is 21.0. The second-order valence-corrected chi connectivity index (χ2v) is 16.4. The third-order valence-corrected chi connectivity index (χ3v) is 13.1. The SMILES string of the molecule is c1ccc(-c2cccc(-c3nc(-c4ccccc4-c4ccc5c6c7cccc8c7n(c6n(-c6ccccc6)c5c4)-c4ccccc4O8)nc4c3sc3ccccc34)c2)cc1. The summed E-state index contributed by atoms with van der Waals surface area (Å²) in [6.07, 6.45) is 0. The average Bonchev–Trinajstić information content (AvgIpc) is 3.98. The monoisotopic (exact) mass is 784 g/mol. The van der Waals surface area contributed by atoms with Crippen molar-refractivity contribution in [2.75, 3.05) is 0 Å². The summed E-state index contributed by atoms with van der Waals surface area (Å²) < 4.78 is 13.6. The molecule has 0 atom stereocenters. The van der Waals surface area contributed by atoms with E-state index in [1.807, 2.05) is 6.07 Å². The van der Waals surface area contributed by atoms with E-state index < -0.39 is 0 Å². The Labute approximate surface area is 348 Å². The lowest BCUT2D eigenvalue weighted by molar-refractivity contribution is 0.476. The van der Waals surface area contributed by atoms with Crippen LogP contribution in [0.2, 0.25) is 0 Å². The zero-order valence-corrected chi connectivity index (χ0v) is 32.9. The number of hydrogen-bond donors (Lipinski definition) is 0. The van der Waals surface area contributed by atoms with E-state index in [1.54, 1.807) is 11.3 Å². The van der Waals surface area contributed by atoms with Crippen LogP contribution in [0.3, 0.4) is 0 Å². The van der Waals surface area contributed by atoms with Crippen molar-refractivity contribution < 1.29 is 4.74 Å². The van der Waals surface area contributed by atoms with Crippen LogP contribution in [0.1, 0.15) is 0 Å². The Morgan fingerprint density at radius 3 is 2.07 bits per heavy atom. The quantitative estimate of drug-likeness (QED) is 0.175. The lowest BCUT2D eigenvalue weighted by Gasteiger charge is -2.21. The smallest absolute Gasteiger partial charge is 0.161 e. The Bertz CT molecular complexity index is 3690. The minimum atomic E-state index is 0.703. The maximum absolute atomic E-state index is 6.50. The Balaban J connectivity index is 1.06. The van der Waals surface area contributed by atoms with Gasteiger partial charge in [-0.1, -0.05) is 146 Å². The third kappa shape index (κ3) is 4.86. The topological polar surface area (TPSA) is 44.9 Å². The highest BCUT2D eigenvalue weighted by Gasteiger charge is 2.29. The van der Waals surface area contributed by atoms with Crippen molar-refractivity contribution in [1.29, 1.82) is 0 Å². The summed E-state index contributed by atoms with van der Waals surface area (Å²) in [5, 5.41) is 4.69. The van der Waals surface area contributed by atoms with E-state index in [9.17, 15) is 0 Å². The predicted octanol–water partition coefficient (Wildman–Crippen LogP) is 14.7. The summed E-state index contributed by atoms with van der Waals surface area (Å²) in [5.41, 5.74) is 13.9. The number of nitrogens with zero attached hydrogens (tertiary/aromatic N) is 4. The third-order valence-electron chi connectivity index (χ3n) is 11.9. The first kappa shape index (κ1) is 33.2.